The van der Waals surface area contributed by atoms with E-state index < -0.39 is 0 Å². The Labute approximate surface area is 135 Å². The van der Waals surface area contributed by atoms with Crippen LogP contribution in [0.3, 0.4) is 0 Å². The molecule has 0 aliphatic carbocycles. The highest BCUT2D eigenvalue weighted by Crippen LogP contribution is 2.19. The predicted molar refractivity (Wildman–Crippen MR) is 91.4 cm³/mol. The molecule has 2 atom stereocenters. The lowest BCUT2D eigenvalue weighted by molar-refractivity contribution is 0.206. The SMILES string of the molecule is CCCCCCCCc1ccc(O[C@H]2CN[C@@H](CO)C2)cc1. The van der Waals surface area contributed by atoms with Gasteiger partial charge in [0.05, 0.1) is 6.61 Å². The average Bonchev–Trinajstić information content (AvgIpc) is 3.00. The lowest BCUT2D eigenvalue weighted by Gasteiger charge is -2.13. The standard InChI is InChI=1S/C19H31NO2/c1-2-3-4-5-6-7-8-16-9-11-18(12-10-16)22-19-13-17(15-21)20-14-19/h9-12,17,19-21H,2-8,13-15H2,1H3/t17-,19-/m1/s1. The fourth-order valence-corrected chi connectivity index (χ4v) is 3.05. The Kier molecular flexibility index (Phi) is 7.75. The highest BCUT2D eigenvalue weighted by Gasteiger charge is 2.24. The van der Waals surface area contributed by atoms with Crippen LogP contribution < -0.4 is 10.1 Å². The summed E-state index contributed by atoms with van der Waals surface area (Å²) in [6.07, 6.45) is 10.3. The van der Waals surface area contributed by atoms with Crippen molar-refractivity contribution in [2.24, 2.45) is 0 Å². The molecule has 124 valence electrons. The van der Waals surface area contributed by atoms with Crippen LogP contribution in [0, 0.1) is 0 Å². The molecule has 0 bridgehead atoms. The highest BCUT2D eigenvalue weighted by molar-refractivity contribution is 5.27. The normalized spacial score (nSPS) is 21.2. The van der Waals surface area contributed by atoms with E-state index in [1.165, 1.54) is 50.5 Å². The minimum Gasteiger partial charge on any atom is -0.489 e. The number of nitrogens with one attached hydrogen (secondary N) is 1. The van der Waals surface area contributed by atoms with E-state index in [0.717, 1.165) is 18.7 Å². The summed E-state index contributed by atoms with van der Waals surface area (Å²) in [5, 5.41) is 12.4. The van der Waals surface area contributed by atoms with Gasteiger partial charge in [0, 0.05) is 19.0 Å². The van der Waals surface area contributed by atoms with Gasteiger partial charge in [0.1, 0.15) is 11.9 Å². The number of ether oxygens (including phenoxy) is 1. The molecule has 1 saturated heterocycles. The van der Waals surface area contributed by atoms with Gasteiger partial charge in [0.25, 0.3) is 0 Å². The van der Waals surface area contributed by atoms with E-state index in [2.05, 4.69) is 36.5 Å². The van der Waals surface area contributed by atoms with Crippen molar-refractivity contribution < 1.29 is 9.84 Å². The molecule has 3 nitrogen and oxygen atoms in total. The largest absolute Gasteiger partial charge is 0.489 e. The Bertz CT molecular complexity index is 404. The van der Waals surface area contributed by atoms with Crippen molar-refractivity contribution in [2.45, 2.75) is 70.4 Å². The summed E-state index contributed by atoms with van der Waals surface area (Å²) in [5.41, 5.74) is 1.40. The van der Waals surface area contributed by atoms with Crippen LogP contribution in [-0.2, 0) is 6.42 Å². The second-order valence-corrected chi connectivity index (χ2v) is 6.43. The number of aryl methyl sites for hydroxylation is 1. The monoisotopic (exact) mass is 305 g/mol. The summed E-state index contributed by atoms with van der Waals surface area (Å²) in [6, 6.07) is 8.73. The van der Waals surface area contributed by atoms with Crippen LogP contribution in [0.1, 0.15) is 57.4 Å². The van der Waals surface area contributed by atoms with Crippen LogP contribution in [0.5, 0.6) is 5.75 Å². The van der Waals surface area contributed by atoms with Gasteiger partial charge in [-0.25, -0.2) is 0 Å². The van der Waals surface area contributed by atoms with Crippen molar-refractivity contribution in [2.75, 3.05) is 13.2 Å². The Balaban J connectivity index is 1.65. The molecule has 0 aromatic heterocycles. The van der Waals surface area contributed by atoms with Crippen LogP contribution in [0.15, 0.2) is 24.3 Å². The molecule has 1 aliphatic rings. The van der Waals surface area contributed by atoms with Gasteiger partial charge in [-0.3, -0.25) is 0 Å². The van der Waals surface area contributed by atoms with E-state index in [-0.39, 0.29) is 18.8 Å². The Morgan fingerprint density at radius 2 is 1.82 bits per heavy atom. The number of hydrogen-bond donors (Lipinski definition) is 2. The zero-order valence-electron chi connectivity index (χ0n) is 13.9. The predicted octanol–water partition coefficient (Wildman–Crippen LogP) is 3.69. The fourth-order valence-electron chi connectivity index (χ4n) is 3.05. The molecule has 22 heavy (non-hydrogen) atoms. The topological polar surface area (TPSA) is 41.5 Å². The average molecular weight is 305 g/mol. The van der Waals surface area contributed by atoms with Crippen molar-refractivity contribution in [3.8, 4) is 5.75 Å². The second kappa shape index (κ2) is 9.86. The molecule has 0 unspecified atom stereocenters. The Hall–Kier alpha value is -1.06. The third-order valence-corrected chi connectivity index (χ3v) is 4.45. The highest BCUT2D eigenvalue weighted by atomic mass is 16.5. The quantitative estimate of drug-likeness (QED) is 0.648. The van der Waals surface area contributed by atoms with Crippen LogP contribution in [-0.4, -0.2) is 30.4 Å². The van der Waals surface area contributed by atoms with Crippen LogP contribution in [0.4, 0.5) is 0 Å². The molecule has 1 aromatic carbocycles. The number of aliphatic hydroxyl groups is 1. The van der Waals surface area contributed by atoms with Crippen LogP contribution in [0.25, 0.3) is 0 Å². The third-order valence-electron chi connectivity index (χ3n) is 4.45. The Morgan fingerprint density at radius 1 is 1.09 bits per heavy atom. The molecule has 0 radical (unpaired) electrons. The van der Waals surface area contributed by atoms with Crippen molar-refractivity contribution in [1.82, 2.24) is 5.32 Å². The lowest BCUT2D eigenvalue weighted by Crippen LogP contribution is -2.25. The van der Waals surface area contributed by atoms with Gasteiger partial charge < -0.3 is 15.2 Å². The first-order valence-corrected chi connectivity index (χ1v) is 8.91. The van der Waals surface area contributed by atoms with E-state index in [1.54, 1.807) is 0 Å². The molecule has 3 heteroatoms. The van der Waals surface area contributed by atoms with Crippen molar-refractivity contribution in [3.63, 3.8) is 0 Å². The van der Waals surface area contributed by atoms with Crippen molar-refractivity contribution in [3.05, 3.63) is 29.8 Å². The smallest absolute Gasteiger partial charge is 0.119 e. The number of hydrogen-bond acceptors (Lipinski definition) is 3. The van der Waals surface area contributed by atoms with Gasteiger partial charge in [-0.1, -0.05) is 51.2 Å². The third kappa shape index (κ3) is 5.98. The molecule has 1 heterocycles. The van der Waals surface area contributed by atoms with Gasteiger partial charge in [-0.15, -0.1) is 0 Å². The minimum atomic E-state index is 0.182. The summed E-state index contributed by atoms with van der Waals surface area (Å²) >= 11 is 0. The zero-order chi connectivity index (χ0) is 15.6. The maximum atomic E-state index is 9.12. The Morgan fingerprint density at radius 3 is 2.50 bits per heavy atom. The molecule has 1 aromatic rings. The van der Waals surface area contributed by atoms with E-state index in [0.29, 0.717) is 0 Å². The summed E-state index contributed by atoms with van der Waals surface area (Å²) in [7, 11) is 0. The molecule has 0 saturated carbocycles. The number of benzene rings is 1. The van der Waals surface area contributed by atoms with Gasteiger partial charge in [0.2, 0.25) is 0 Å². The number of aliphatic hydroxyl groups excluding tert-OH is 1. The first-order chi connectivity index (χ1) is 10.8. The van der Waals surface area contributed by atoms with Crippen LogP contribution >= 0.6 is 0 Å². The molecule has 1 fully saturated rings. The molecular weight excluding hydrogens is 274 g/mol. The van der Waals surface area contributed by atoms with Crippen LogP contribution in [0.2, 0.25) is 0 Å². The van der Waals surface area contributed by atoms with E-state index in [9.17, 15) is 0 Å². The first-order valence-electron chi connectivity index (χ1n) is 8.91. The molecule has 0 spiro atoms. The summed E-state index contributed by atoms with van der Waals surface area (Å²) in [5.74, 6) is 0.942. The number of unbranched alkanes of at least 4 members (excludes halogenated alkanes) is 5. The van der Waals surface area contributed by atoms with E-state index in [4.69, 9.17) is 9.84 Å². The number of rotatable bonds is 10. The van der Waals surface area contributed by atoms with Crippen molar-refractivity contribution >= 4 is 0 Å². The first kappa shape index (κ1) is 17.3. The maximum absolute atomic E-state index is 9.12. The van der Waals surface area contributed by atoms with E-state index >= 15 is 0 Å². The zero-order valence-corrected chi connectivity index (χ0v) is 13.9. The molecule has 2 N–H and O–H groups in total. The minimum absolute atomic E-state index is 0.182. The van der Waals surface area contributed by atoms with Gasteiger partial charge in [-0.2, -0.15) is 0 Å². The van der Waals surface area contributed by atoms with Gasteiger partial charge in [0.15, 0.2) is 0 Å². The lowest BCUT2D eigenvalue weighted by atomic mass is 10.0. The van der Waals surface area contributed by atoms with Gasteiger partial charge >= 0.3 is 0 Å². The molecule has 0 amide bonds. The van der Waals surface area contributed by atoms with Gasteiger partial charge in [-0.05, 0) is 30.5 Å². The summed E-state index contributed by atoms with van der Waals surface area (Å²) in [6.45, 7) is 3.27. The second-order valence-electron chi connectivity index (χ2n) is 6.43. The fraction of sp³-hybridized carbons (Fsp3) is 0.684. The van der Waals surface area contributed by atoms with Crippen molar-refractivity contribution in [1.29, 1.82) is 0 Å². The molecule has 1 aliphatic heterocycles. The summed E-state index contributed by atoms with van der Waals surface area (Å²) < 4.78 is 5.96. The molecular formula is C19H31NO2. The van der Waals surface area contributed by atoms with E-state index in [1.807, 2.05) is 0 Å². The molecule has 2 rings (SSSR count). The maximum Gasteiger partial charge on any atom is 0.119 e. The summed E-state index contributed by atoms with van der Waals surface area (Å²) in [4.78, 5) is 0.